The molecule has 6 rings (SSSR count). The highest BCUT2D eigenvalue weighted by Crippen LogP contribution is 2.66. The van der Waals surface area contributed by atoms with Gasteiger partial charge in [0.1, 0.15) is 38.7 Å². The number of rotatable bonds is 10. The molecule has 2 aliphatic rings. The molecule has 2 fully saturated rings. The number of fused-ring (bicyclic) bond motifs is 1. The topological polar surface area (TPSA) is 120 Å². The predicted molar refractivity (Wildman–Crippen MR) is 187 cm³/mol. The lowest BCUT2D eigenvalue weighted by atomic mass is 9.48. The van der Waals surface area contributed by atoms with Crippen LogP contribution in [0.25, 0.3) is 0 Å². The molecule has 0 saturated heterocycles. The molecule has 9 nitrogen and oxygen atoms in total. The van der Waals surface area contributed by atoms with E-state index in [0.29, 0.717) is 22.6 Å². The van der Waals surface area contributed by atoms with Gasteiger partial charge in [-0.05, 0) is 55.2 Å². The molecular weight excluding hydrogens is 757 g/mol. The largest absolute Gasteiger partial charge is 0.497 e. The zero-order valence-electron chi connectivity index (χ0n) is 27.1. The van der Waals surface area contributed by atoms with E-state index in [1.54, 1.807) is 24.3 Å². The molecule has 17 heteroatoms. The van der Waals surface area contributed by atoms with Crippen molar-refractivity contribution < 1.29 is 35.5 Å². The second-order valence-corrected chi connectivity index (χ2v) is 16.4. The summed E-state index contributed by atoms with van der Waals surface area (Å²) in [5.41, 5.74) is 5.94. The van der Waals surface area contributed by atoms with Gasteiger partial charge in [0.2, 0.25) is 0 Å². The third-order valence-corrected chi connectivity index (χ3v) is 12.5. The van der Waals surface area contributed by atoms with E-state index in [1.807, 2.05) is 0 Å². The number of hydrogen-bond donors (Lipinski definition) is 2. The summed E-state index contributed by atoms with van der Waals surface area (Å²) in [4.78, 5) is 7.24. The molecule has 2 unspecified atom stereocenters. The van der Waals surface area contributed by atoms with E-state index >= 15 is 4.39 Å². The van der Waals surface area contributed by atoms with Crippen LogP contribution < -0.4 is 24.8 Å². The number of nitrogens with two attached hydrogens (primary N) is 1. The van der Waals surface area contributed by atoms with Gasteiger partial charge in [-0.2, -0.15) is 13.2 Å². The van der Waals surface area contributed by atoms with Crippen molar-refractivity contribution in [3.05, 3.63) is 101 Å². The van der Waals surface area contributed by atoms with Crippen LogP contribution in [-0.4, -0.2) is 49.0 Å². The van der Waals surface area contributed by atoms with Crippen molar-refractivity contribution in [2.24, 2.45) is 11.7 Å². The average Bonchev–Trinajstić information content (AvgIpc) is 3.09. The van der Waals surface area contributed by atoms with Gasteiger partial charge in [-0.1, -0.05) is 29.8 Å². The van der Waals surface area contributed by atoms with Gasteiger partial charge in [0, 0.05) is 47.3 Å². The monoisotopic (exact) mass is 787 g/mol. The molecule has 272 valence electrons. The highest BCUT2D eigenvalue weighted by molar-refractivity contribution is 7.92. The number of nitrogens with zero attached hydrogens (tertiary/aromatic N) is 3. The summed E-state index contributed by atoms with van der Waals surface area (Å²) in [5.74, 6) is -0.852. The molecule has 4 aromatic rings. The minimum atomic E-state index is -4.65. The Hall–Kier alpha value is -3.56. The zero-order chi connectivity index (χ0) is 36.9. The van der Waals surface area contributed by atoms with Crippen molar-refractivity contribution >= 4 is 56.3 Å². The Morgan fingerprint density at radius 2 is 1.84 bits per heavy atom. The van der Waals surface area contributed by atoms with Gasteiger partial charge in [-0.25, -0.2) is 27.1 Å². The van der Waals surface area contributed by atoms with Gasteiger partial charge in [0.15, 0.2) is 0 Å². The van der Waals surface area contributed by atoms with Crippen LogP contribution in [-0.2, 0) is 28.2 Å². The number of ether oxygens (including phenoxy) is 2. The minimum Gasteiger partial charge on any atom is -0.497 e. The first-order valence-electron chi connectivity index (χ1n) is 15.6. The Labute approximate surface area is 307 Å². The van der Waals surface area contributed by atoms with E-state index in [-0.39, 0.29) is 42.3 Å². The maximum Gasteiger partial charge on any atom is 0.416 e. The first kappa shape index (κ1) is 37.2. The molecule has 2 aliphatic carbocycles. The summed E-state index contributed by atoms with van der Waals surface area (Å²) >= 11 is 19.9. The number of halogens is 7. The highest BCUT2D eigenvalue weighted by atomic mass is 35.5. The van der Waals surface area contributed by atoms with E-state index in [0.717, 1.165) is 34.9 Å². The number of hydrogen-bond acceptors (Lipinski definition) is 8. The van der Waals surface area contributed by atoms with Crippen molar-refractivity contribution in [1.29, 1.82) is 0 Å². The van der Waals surface area contributed by atoms with Gasteiger partial charge in [0.25, 0.3) is 10.0 Å². The van der Waals surface area contributed by atoms with Crippen LogP contribution >= 0.6 is 34.8 Å². The predicted octanol–water partition coefficient (Wildman–Crippen LogP) is 7.73. The smallest absolute Gasteiger partial charge is 0.416 e. The van der Waals surface area contributed by atoms with Crippen LogP contribution in [0.3, 0.4) is 0 Å². The van der Waals surface area contributed by atoms with Gasteiger partial charge >= 0.3 is 6.18 Å². The van der Waals surface area contributed by atoms with Crippen LogP contribution in [0.15, 0.2) is 78.1 Å². The number of methoxy groups -OCH3 is 2. The lowest BCUT2D eigenvalue weighted by Crippen LogP contribution is -2.66. The Bertz CT molecular complexity index is 2040. The molecule has 3 N–H and O–H groups in total. The molecular formula is C34H32Cl3F4N5O4S. The Morgan fingerprint density at radius 1 is 1.08 bits per heavy atom. The molecule has 0 bridgehead atoms. The van der Waals surface area contributed by atoms with Crippen LogP contribution in [0.4, 0.5) is 29.1 Å². The second-order valence-electron chi connectivity index (χ2n) is 12.6. The summed E-state index contributed by atoms with van der Waals surface area (Å²) < 4.78 is 95.4. The summed E-state index contributed by atoms with van der Waals surface area (Å²) in [7, 11) is -1.76. The second kappa shape index (κ2) is 13.8. The van der Waals surface area contributed by atoms with Gasteiger partial charge in [-0.3, -0.25) is 0 Å². The summed E-state index contributed by atoms with van der Waals surface area (Å²) in [6.45, 7) is -0.297. The van der Waals surface area contributed by atoms with E-state index in [1.165, 1.54) is 32.5 Å². The van der Waals surface area contributed by atoms with Crippen molar-refractivity contribution in [3.8, 4) is 11.5 Å². The lowest BCUT2D eigenvalue weighted by Gasteiger charge is -2.63. The van der Waals surface area contributed by atoms with Gasteiger partial charge in [-0.15, -0.1) is 23.2 Å². The summed E-state index contributed by atoms with van der Waals surface area (Å²) in [6.07, 6.45) is -1.39. The van der Waals surface area contributed by atoms with Crippen LogP contribution in [0.5, 0.6) is 11.5 Å². The standard InChI is InChI=1S/C34H32Cl3F4N5O4S/c1-49-22-7-6-19(28(11-22)50-2)16-46(31-8-9-43-18-44-31)51(47,48)29-12-23(35)26(13-24(29)38)45-27-14-30-32(15-25(27)42,17-33(30,36)37)20-4-3-5-21(10-20)34(39,40)41/h3-13,18,25,27,30,45H,14-17,42H2,1-2H3/t25-,27?,30?,32+/m0/s1. The lowest BCUT2D eigenvalue weighted by molar-refractivity contribution is -0.137. The molecule has 0 amide bonds. The molecule has 51 heavy (non-hydrogen) atoms. The number of sulfonamides is 1. The first-order chi connectivity index (χ1) is 24.0. The summed E-state index contributed by atoms with van der Waals surface area (Å²) in [6, 6.07) is 12.0. The summed E-state index contributed by atoms with van der Waals surface area (Å²) in [5, 5.41) is 2.99. The minimum absolute atomic E-state index is 0.0378. The van der Waals surface area contributed by atoms with Crippen LogP contribution in [0.1, 0.15) is 36.0 Å². The van der Waals surface area contributed by atoms with E-state index < -0.39 is 60.2 Å². The number of anilines is 2. The number of alkyl halides is 5. The van der Waals surface area contributed by atoms with Crippen molar-refractivity contribution in [1.82, 2.24) is 9.97 Å². The van der Waals surface area contributed by atoms with Crippen molar-refractivity contribution in [3.63, 3.8) is 0 Å². The Balaban J connectivity index is 1.29. The Morgan fingerprint density at radius 3 is 2.49 bits per heavy atom. The average molecular weight is 789 g/mol. The number of aromatic nitrogens is 2. The number of benzene rings is 3. The molecule has 0 spiro atoms. The molecule has 2 saturated carbocycles. The SMILES string of the molecule is COc1ccc(CN(c2ccncn2)S(=O)(=O)c2cc(Cl)c(NC3CC4C(Cl)(Cl)C[C@@]4(c4cccc(C(F)(F)F)c4)C[C@@H]3N)cc2F)c(OC)c1. The fraction of sp³-hybridized carbons (Fsp3) is 0.353. The molecule has 1 aromatic heterocycles. The van der Waals surface area contributed by atoms with Crippen LogP contribution in [0, 0.1) is 11.7 Å². The maximum atomic E-state index is 16.0. The zero-order valence-corrected chi connectivity index (χ0v) is 30.2. The van der Waals surface area contributed by atoms with Crippen molar-refractivity contribution in [2.75, 3.05) is 23.8 Å². The normalized spacial score (nSPS) is 22.7. The fourth-order valence-electron chi connectivity index (χ4n) is 7.15. The van der Waals surface area contributed by atoms with E-state index in [9.17, 15) is 21.6 Å². The van der Waals surface area contributed by atoms with E-state index in [4.69, 9.17) is 50.0 Å². The van der Waals surface area contributed by atoms with Crippen molar-refractivity contribution in [2.45, 2.75) is 58.7 Å². The highest BCUT2D eigenvalue weighted by Gasteiger charge is 2.65. The Kier molecular flexibility index (Phi) is 10.0. The molecule has 0 radical (unpaired) electrons. The third kappa shape index (κ3) is 7.00. The quantitative estimate of drug-likeness (QED) is 0.124. The van der Waals surface area contributed by atoms with Gasteiger partial charge in [0.05, 0.1) is 37.0 Å². The third-order valence-electron chi connectivity index (χ3n) is 9.66. The molecule has 0 aliphatic heterocycles. The maximum absolute atomic E-state index is 16.0. The first-order valence-corrected chi connectivity index (χ1v) is 18.1. The van der Waals surface area contributed by atoms with E-state index in [2.05, 4.69) is 15.3 Å². The molecule has 4 atom stereocenters. The fourth-order valence-corrected chi connectivity index (χ4v) is 9.98. The molecule has 3 aromatic carbocycles. The van der Waals surface area contributed by atoms with Crippen LogP contribution in [0.2, 0.25) is 5.02 Å². The van der Waals surface area contributed by atoms with Gasteiger partial charge < -0.3 is 20.5 Å². The number of nitrogens with one attached hydrogen (secondary N) is 1. The molecule has 1 heterocycles.